The van der Waals surface area contributed by atoms with Crippen molar-refractivity contribution in [3.8, 4) is 5.69 Å². The van der Waals surface area contributed by atoms with Gasteiger partial charge in [0.15, 0.2) is 0 Å². The Balaban J connectivity index is 1.15. The SMILES string of the molecule is Nc1c(SCc2ccc(-n3c4ccccc4c4cc5ccccc5cc43)cc2)ccc2sc3ccccc3c12. The highest BCUT2D eigenvalue weighted by Gasteiger charge is 2.14. The summed E-state index contributed by atoms with van der Waals surface area (Å²) in [6.45, 7) is 0. The van der Waals surface area contributed by atoms with E-state index in [2.05, 4.69) is 126 Å². The van der Waals surface area contributed by atoms with Crippen LogP contribution in [0.15, 0.2) is 126 Å². The van der Waals surface area contributed by atoms with E-state index in [0.717, 1.165) is 16.3 Å². The van der Waals surface area contributed by atoms with Crippen molar-refractivity contribution in [1.29, 1.82) is 0 Å². The van der Waals surface area contributed by atoms with Crippen molar-refractivity contribution in [3.05, 3.63) is 127 Å². The van der Waals surface area contributed by atoms with Gasteiger partial charge >= 0.3 is 0 Å². The van der Waals surface area contributed by atoms with E-state index in [1.165, 1.54) is 64.0 Å². The highest BCUT2D eigenvalue weighted by molar-refractivity contribution is 7.98. The van der Waals surface area contributed by atoms with Gasteiger partial charge in [0.2, 0.25) is 0 Å². The summed E-state index contributed by atoms with van der Waals surface area (Å²) in [6.07, 6.45) is 0. The largest absolute Gasteiger partial charge is 0.397 e. The molecule has 0 saturated heterocycles. The maximum absolute atomic E-state index is 6.71. The van der Waals surface area contributed by atoms with Gasteiger partial charge in [-0.15, -0.1) is 23.1 Å². The summed E-state index contributed by atoms with van der Waals surface area (Å²) in [5.41, 5.74) is 12.5. The second kappa shape index (κ2) is 8.91. The van der Waals surface area contributed by atoms with Crippen molar-refractivity contribution in [2.24, 2.45) is 0 Å². The number of hydrogen-bond acceptors (Lipinski definition) is 3. The summed E-state index contributed by atoms with van der Waals surface area (Å²) < 4.78 is 4.93. The number of benzene rings is 6. The molecule has 0 atom stereocenters. The van der Waals surface area contributed by atoms with Gasteiger partial charge in [-0.3, -0.25) is 0 Å². The Morgan fingerprint density at radius 2 is 1.33 bits per heavy atom. The summed E-state index contributed by atoms with van der Waals surface area (Å²) in [5.74, 6) is 0.871. The second-order valence-electron chi connectivity index (χ2n) is 9.97. The molecule has 0 unspecified atom stereocenters. The van der Waals surface area contributed by atoms with Crippen molar-refractivity contribution < 1.29 is 0 Å². The van der Waals surface area contributed by atoms with Crippen LogP contribution in [0, 0.1) is 0 Å². The van der Waals surface area contributed by atoms with Gasteiger partial charge in [-0.2, -0.15) is 0 Å². The summed E-state index contributed by atoms with van der Waals surface area (Å²) in [7, 11) is 0. The topological polar surface area (TPSA) is 30.9 Å². The summed E-state index contributed by atoms with van der Waals surface area (Å²) in [4.78, 5) is 1.14. The molecule has 39 heavy (non-hydrogen) atoms. The molecule has 2 nitrogen and oxygen atoms in total. The fraction of sp³-hybridized carbons (Fsp3) is 0.0286. The Morgan fingerprint density at radius 1 is 0.615 bits per heavy atom. The van der Waals surface area contributed by atoms with Crippen molar-refractivity contribution in [1.82, 2.24) is 4.57 Å². The zero-order valence-corrected chi connectivity index (χ0v) is 22.7. The molecular formula is C35H24N2S2. The summed E-state index contributed by atoms with van der Waals surface area (Å²) in [6, 6.07) is 43.9. The quantitative estimate of drug-likeness (QED) is 0.179. The lowest BCUT2D eigenvalue weighted by Gasteiger charge is -2.11. The maximum atomic E-state index is 6.71. The van der Waals surface area contributed by atoms with E-state index in [1.807, 2.05) is 23.1 Å². The highest BCUT2D eigenvalue weighted by atomic mass is 32.2. The van der Waals surface area contributed by atoms with Crippen molar-refractivity contribution in [2.45, 2.75) is 10.6 Å². The molecule has 0 aliphatic rings. The van der Waals surface area contributed by atoms with E-state index in [0.29, 0.717) is 0 Å². The zero-order chi connectivity index (χ0) is 25.9. The summed E-state index contributed by atoms with van der Waals surface area (Å²) in [5, 5.41) is 7.54. The Hall–Kier alpha value is -4.25. The smallest absolute Gasteiger partial charge is 0.0547 e. The average molecular weight is 537 g/mol. The lowest BCUT2D eigenvalue weighted by atomic mass is 10.1. The van der Waals surface area contributed by atoms with Gasteiger partial charge in [0.1, 0.15) is 0 Å². The van der Waals surface area contributed by atoms with E-state index >= 15 is 0 Å². The van der Waals surface area contributed by atoms with Crippen LogP contribution in [0.3, 0.4) is 0 Å². The van der Waals surface area contributed by atoms with E-state index in [1.54, 1.807) is 0 Å². The monoisotopic (exact) mass is 536 g/mol. The molecular weight excluding hydrogens is 513 g/mol. The third kappa shape index (κ3) is 3.63. The maximum Gasteiger partial charge on any atom is 0.0547 e. The number of rotatable bonds is 4. The third-order valence-electron chi connectivity index (χ3n) is 7.67. The molecule has 0 fully saturated rings. The Kier molecular flexibility index (Phi) is 5.19. The first-order valence-corrected chi connectivity index (χ1v) is 14.9. The van der Waals surface area contributed by atoms with Gasteiger partial charge in [-0.25, -0.2) is 0 Å². The van der Waals surface area contributed by atoms with Crippen LogP contribution in [0.5, 0.6) is 0 Å². The van der Waals surface area contributed by atoms with E-state index in [4.69, 9.17) is 5.73 Å². The molecule has 0 bridgehead atoms. The van der Waals surface area contributed by atoms with Crippen LogP contribution < -0.4 is 5.73 Å². The first-order chi connectivity index (χ1) is 19.2. The van der Waals surface area contributed by atoms with Gasteiger partial charge in [0, 0.05) is 47.3 Å². The highest BCUT2D eigenvalue weighted by Crippen LogP contribution is 2.42. The van der Waals surface area contributed by atoms with Crippen LogP contribution in [0.4, 0.5) is 5.69 Å². The van der Waals surface area contributed by atoms with Crippen LogP contribution in [-0.4, -0.2) is 4.57 Å². The van der Waals surface area contributed by atoms with Crippen LogP contribution in [-0.2, 0) is 5.75 Å². The number of fused-ring (bicyclic) bond motifs is 7. The lowest BCUT2D eigenvalue weighted by Crippen LogP contribution is -1.94. The predicted octanol–water partition coefficient (Wildman–Crippen LogP) is 10.2. The molecule has 2 aromatic heterocycles. The standard InChI is InChI=1S/C35H24N2S2/c36-35-33(18-17-32-34(35)27-10-4-6-12-31(27)39-32)38-21-22-13-15-25(16-14-22)37-29-11-5-3-9-26(29)28-19-23-7-1-2-8-24(23)20-30(28)37/h1-20H,21,36H2. The molecule has 2 N–H and O–H groups in total. The number of thiophene rings is 1. The lowest BCUT2D eigenvalue weighted by molar-refractivity contribution is 1.17. The number of nitrogen functional groups attached to an aromatic ring is 1. The number of para-hydroxylation sites is 1. The van der Waals surface area contributed by atoms with Gasteiger partial charge in [-0.1, -0.05) is 72.8 Å². The molecule has 0 saturated carbocycles. The normalized spacial score (nSPS) is 11.9. The fourth-order valence-corrected chi connectivity index (χ4v) is 7.84. The number of thioether (sulfide) groups is 1. The number of aromatic nitrogens is 1. The third-order valence-corrected chi connectivity index (χ3v) is 9.95. The van der Waals surface area contributed by atoms with Crippen LogP contribution in [0.25, 0.3) is 58.4 Å². The number of hydrogen-bond donors (Lipinski definition) is 1. The van der Waals surface area contributed by atoms with Crippen LogP contribution >= 0.6 is 23.1 Å². The van der Waals surface area contributed by atoms with Crippen molar-refractivity contribution >= 4 is 81.5 Å². The van der Waals surface area contributed by atoms with Crippen LogP contribution in [0.2, 0.25) is 0 Å². The van der Waals surface area contributed by atoms with Gasteiger partial charge in [0.05, 0.1) is 16.7 Å². The van der Waals surface area contributed by atoms with Gasteiger partial charge < -0.3 is 10.3 Å². The molecule has 2 heterocycles. The van der Waals surface area contributed by atoms with E-state index in [9.17, 15) is 0 Å². The second-order valence-corrected chi connectivity index (χ2v) is 12.1. The minimum absolute atomic E-state index is 0.871. The van der Waals surface area contributed by atoms with Crippen molar-refractivity contribution in [2.75, 3.05) is 5.73 Å². The molecule has 186 valence electrons. The molecule has 0 amide bonds. The Bertz CT molecular complexity index is 2190. The molecule has 4 heteroatoms. The van der Waals surface area contributed by atoms with Gasteiger partial charge in [-0.05, 0) is 64.9 Å². The van der Waals surface area contributed by atoms with E-state index < -0.39 is 0 Å². The molecule has 8 rings (SSSR count). The zero-order valence-electron chi connectivity index (χ0n) is 21.1. The molecule has 6 aromatic carbocycles. The minimum atomic E-state index is 0.871. The number of nitrogens with two attached hydrogens (primary N) is 1. The Labute approximate surface area is 234 Å². The van der Waals surface area contributed by atoms with Crippen LogP contribution in [0.1, 0.15) is 5.56 Å². The minimum Gasteiger partial charge on any atom is -0.397 e. The number of anilines is 1. The molecule has 0 spiro atoms. The molecule has 0 aliphatic carbocycles. The Morgan fingerprint density at radius 3 is 2.18 bits per heavy atom. The van der Waals surface area contributed by atoms with Crippen molar-refractivity contribution in [3.63, 3.8) is 0 Å². The van der Waals surface area contributed by atoms with Gasteiger partial charge in [0.25, 0.3) is 0 Å². The first kappa shape index (κ1) is 22.7. The molecule has 8 aromatic rings. The molecule has 0 aliphatic heterocycles. The fourth-order valence-electron chi connectivity index (χ4n) is 5.79. The predicted molar refractivity (Wildman–Crippen MR) is 172 cm³/mol. The summed E-state index contributed by atoms with van der Waals surface area (Å²) >= 11 is 3.62. The van der Waals surface area contributed by atoms with E-state index in [-0.39, 0.29) is 0 Å². The average Bonchev–Trinajstić information content (AvgIpc) is 3.52. The molecule has 0 radical (unpaired) electrons. The number of nitrogens with zero attached hydrogens (tertiary/aromatic N) is 1. The first-order valence-electron chi connectivity index (χ1n) is 13.1.